The minimum atomic E-state index is 0.380. The first-order chi connectivity index (χ1) is 6.53. The largest absolute Gasteiger partial charge is 0.0993 e. The van der Waals surface area contributed by atoms with Crippen molar-refractivity contribution < 1.29 is 0 Å². The van der Waals surface area contributed by atoms with Gasteiger partial charge in [0.05, 0.1) is 0 Å². The quantitative estimate of drug-likeness (QED) is 0.491. The highest BCUT2D eigenvalue weighted by Crippen LogP contribution is 2.39. The Morgan fingerprint density at radius 3 is 1.93 bits per heavy atom. The van der Waals surface area contributed by atoms with Gasteiger partial charge >= 0.3 is 0 Å². The topological polar surface area (TPSA) is 0 Å². The molecule has 0 aliphatic carbocycles. The second kappa shape index (κ2) is 6.27. The third-order valence-electron chi connectivity index (χ3n) is 3.95. The van der Waals surface area contributed by atoms with E-state index in [1.807, 2.05) is 0 Å². The molecule has 1 unspecified atom stereocenters. The van der Waals surface area contributed by atoms with Crippen LogP contribution in [0.3, 0.4) is 0 Å². The van der Waals surface area contributed by atoms with E-state index in [9.17, 15) is 0 Å². The minimum Gasteiger partial charge on any atom is -0.0993 e. The number of rotatable bonds is 7. The number of allylic oxidation sites excluding steroid dienone is 1. The van der Waals surface area contributed by atoms with Gasteiger partial charge in [-0.2, -0.15) is 0 Å². The molecule has 0 bridgehead atoms. The zero-order valence-corrected chi connectivity index (χ0v) is 10.8. The monoisotopic (exact) mass is 196 g/mol. The van der Waals surface area contributed by atoms with Gasteiger partial charge in [0.15, 0.2) is 0 Å². The molecule has 0 heterocycles. The van der Waals surface area contributed by atoms with Crippen molar-refractivity contribution in [3.63, 3.8) is 0 Å². The van der Waals surface area contributed by atoms with Gasteiger partial charge in [0.1, 0.15) is 0 Å². The van der Waals surface area contributed by atoms with E-state index in [1.165, 1.54) is 31.3 Å². The molecule has 1 atom stereocenters. The van der Waals surface area contributed by atoms with Crippen molar-refractivity contribution in [2.75, 3.05) is 0 Å². The molecule has 0 saturated carbocycles. The van der Waals surface area contributed by atoms with Gasteiger partial charge in [-0.05, 0) is 30.6 Å². The lowest BCUT2D eigenvalue weighted by atomic mass is 9.72. The van der Waals surface area contributed by atoms with Crippen molar-refractivity contribution >= 4 is 0 Å². The molecule has 0 heteroatoms. The van der Waals surface area contributed by atoms with Gasteiger partial charge in [0.2, 0.25) is 0 Å². The fourth-order valence-corrected chi connectivity index (χ4v) is 2.18. The standard InChI is InChI=1S/C14H28/c1-7-12(5)14(6,10-4)11-13(8-2)9-3/h13H,5,7-11H2,1-4,6H3. The molecule has 0 aromatic heterocycles. The predicted octanol–water partition coefficient (Wildman–Crippen LogP) is 5.20. The average Bonchev–Trinajstić information content (AvgIpc) is 2.24. The van der Waals surface area contributed by atoms with Gasteiger partial charge < -0.3 is 0 Å². The van der Waals surface area contributed by atoms with E-state index < -0.39 is 0 Å². The van der Waals surface area contributed by atoms with E-state index in [0.29, 0.717) is 5.41 Å². The molecule has 0 radical (unpaired) electrons. The molecular weight excluding hydrogens is 168 g/mol. The lowest BCUT2D eigenvalue weighted by Gasteiger charge is -2.34. The summed E-state index contributed by atoms with van der Waals surface area (Å²) in [6.45, 7) is 15.8. The van der Waals surface area contributed by atoms with Gasteiger partial charge in [-0.3, -0.25) is 0 Å². The molecule has 0 N–H and O–H groups in total. The lowest BCUT2D eigenvalue weighted by Crippen LogP contribution is -2.21. The summed E-state index contributed by atoms with van der Waals surface area (Å²) < 4.78 is 0. The van der Waals surface area contributed by atoms with Crippen LogP contribution < -0.4 is 0 Å². The Hall–Kier alpha value is -0.260. The summed E-state index contributed by atoms with van der Waals surface area (Å²) in [5.74, 6) is 0.878. The average molecular weight is 196 g/mol. The molecule has 0 rings (SSSR count). The second-order valence-corrected chi connectivity index (χ2v) is 4.76. The van der Waals surface area contributed by atoms with E-state index >= 15 is 0 Å². The van der Waals surface area contributed by atoms with E-state index in [1.54, 1.807) is 0 Å². The highest BCUT2D eigenvalue weighted by atomic mass is 14.3. The first kappa shape index (κ1) is 13.7. The van der Waals surface area contributed by atoms with Gasteiger partial charge in [0, 0.05) is 0 Å². The van der Waals surface area contributed by atoms with Crippen molar-refractivity contribution in [3.8, 4) is 0 Å². The summed E-state index contributed by atoms with van der Waals surface area (Å²) in [6, 6.07) is 0. The van der Waals surface area contributed by atoms with Crippen LogP contribution in [0.4, 0.5) is 0 Å². The fraction of sp³-hybridized carbons (Fsp3) is 0.857. The third kappa shape index (κ3) is 3.48. The molecule has 0 amide bonds. The summed E-state index contributed by atoms with van der Waals surface area (Å²) in [4.78, 5) is 0. The Morgan fingerprint density at radius 2 is 1.64 bits per heavy atom. The summed E-state index contributed by atoms with van der Waals surface area (Å²) in [7, 11) is 0. The maximum Gasteiger partial charge on any atom is -0.0119 e. The molecule has 0 aromatic rings. The molecular formula is C14H28. The van der Waals surface area contributed by atoms with Crippen LogP contribution in [0.1, 0.15) is 66.7 Å². The van der Waals surface area contributed by atoms with Crippen molar-refractivity contribution in [1.82, 2.24) is 0 Å². The summed E-state index contributed by atoms with van der Waals surface area (Å²) in [5, 5.41) is 0. The van der Waals surface area contributed by atoms with E-state index in [4.69, 9.17) is 0 Å². The normalized spacial score (nSPS) is 15.6. The van der Waals surface area contributed by atoms with Crippen LogP contribution in [0.5, 0.6) is 0 Å². The number of hydrogen-bond acceptors (Lipinski definition) is 0. The number of hydrogen-bond donors (Lipinski definition) is 0. The molecule has 0 aromatic carbocycles. The van der Waals surface area contributed by atoms with Gasteiger partial charge in [-0.1, -0.05) is 59.6 Å². The molecule has 0 nitrogen and oxygen atoms in total. The Morgan fingerprint density at radius 1 is 1.14 bits per heavy atom. The van der Waals surface area contributed by atoms with Crippen LogP contribution in [0, 0.1) is 11.3 Å². The van der Waals surface area contributed by atoms with Crippen LogP contribution in [-0.2, 0) is 0 Å². The van der Waals surface area contributed by atoms with Crippen LogP contribution >= 0.6 is 0 Å². The van der Waals surface area contributed by atoms with Gasteiger partial charge in [-0.15, -0.1) is 0 Å². The summed E-state index contributed by atoms with van der Waals surface area (Å²) >= 11 is 0. The third-order valence-corrected chi connectivity index (χ3v) is 3.95. The highest BCUT2D eigenvalue weighted by Gasteiger charge is 2.26. The minimum absolute atomic E-state index is 0.380. The van der Waals surface area contributed by atoms with E-state index in [-0.39, 0.29) is 0 Å². The van der Waals surface area contributed by atoms with Crippen LogP contribution in [0.2, 0.25) is 0 Å². The first-order valence-electron chi connectivity index (χ1n) is 6.22. The Labute approximate surface area is 90.8 Å². The maximum absolute atomic E-state index is 4.24. The smallest absolute Gasteiger partial charge is 0.0119 e. The van der Waals surface area contributed by atoms with Gasteiger partial charge in [0.25, 0.3) is 0 Å². The zero-order valence-electron chi connectivity index (χ0n) is 10.8. The molecule has 0 saturated heterocycles. The van der Waals surface area contributed by atoms with E-state index in [0.717, 1.165) is 12.3 Å². The summed E-state index contributed by atoms with van der Waals surface area (Å²) in [5.41, 5.74) is 1.82. The van der Waals surface area contributed by atoms with Gasteiger partial charge in [-0.25, -0.2) is 0 Å². The van der Waals surface area contributed by atoms with Crippen molar-refractivity contribution in [1.29, 1.82) is 0 Å². The molecule has 0 spiro atoms. The second-order valence-electron chi connectivity index (χ2n) is 4.76. The Balaban J connectivity index is 4.45. The molecule has 0 fully saturated rings. The maximum atomic E-state index is 4.24. The summed E-state index contributed by atoms with van der Waals surface area (Å²) in [6.07, 6.45) is 6.30. The molecule has 0 aliphatic rings. The Bertz CT molecular complexity index is 165. The highest BCUT2D eigenvalue weighted by molar-refractivity contribution is 5.08. The Kier molecular flexibility index (Phi) is 6.15. The van der Waals surface area contributed by atoms with Crippen molar-refractivity contribution in [2.24, 2.45) is 11.3 Å². The van der Waals surface area contributed by atoms with Crippen molar-refractivity contribution in [3.05, 3.63) is 12.2 Å². The van der Waals surface area contributed by atoms with Crippen LogP contribution in [0.25, 0.3) is 0 Å². The SMILES string of the molecule is C=C(CC)C(C)(CC)CC(CC)CC. The predicted molar refractivity (Wildman–Crippen MR) is 66.5 cm³/mol. The first-order valence-corrected chi connectivity index (χ1v) is 6.22. The molecule has 0 aliphatic heterocycles. The molecule has 84 valence electrons. The lowest BCUT2D eigenvalue weighted by molar-refractivity contribution is 0.264. The zero-order chi connectivity index (χ0) is 11.2. The van der Waals surface area contributed by atoms with Crippen molar-refractivity contribution in [2.45, 2.75) is 66.7 Å². The fourth-order valence-electron chi connectivity index (χ4n) is 2.18. The van der Waals surface area contributed by atoms with E-state index in [2.05, 4.69) is 41.2 Å². The van der Waals surface area contributed by atoms with Crippen LogP contribution in [0.15, 0.2) is 12.2 Å². The van der Waals surface area contributed by atoms with Crippen LogP contribution in [-0.4, -0.2) is 0 Å². The molecule has 14 heavy (non-hydrogen) atoms.